The normalized spacial score (nSPS) is 10.2. The minimum absolute atomic E-state index is 0.0834. The summed E-state index contributed by atoms with van der Waals surface area (Å²) in [6.07, 6.45) is 0.713. The van der Waals surface area contributed by atoms with Crippen molar-refractivity contribution in [1.29, 1.82) is 0 Å². The molecule has 0 atom stereocenters. The van der Waals surface area contributed by atoms with Gasteiger partial charge in [-0.05, 0) is 42.0 Å². The number of benzene rings is 1. The van der Waals surface area contributed by atoms with Crippen LogP contribution in [0.5, 0.6) is 0 Å². The molecule has 0 aliphatic carbocycles. The van der Waals surface area contributed by atoms with Crippen LogP contribution in [-0.2, 0) is 4.74 Å². The molecular formula is C12H15IN2O4. The largest absolute Gasteiger partial charge is 0.382 e. The molecule has 0 saturated carbocycles. The predicted octanol–water partition coefficient (Wildman–Crippen LogP) is 2.36. The van der Waals surface area contributed by atoms with E-state index in [1.54, 1.807) is 6.07 Å². The first-order valence-corrected chi connectivity index (χ1v) is 6.94. The van der Waals surface area contributed by atoms with Crippen molar-refractivity contribution in [2.45, 2.75) is 13.3 Å². The van der Waals surface area contributed by atoms with Gasteiger partial charge in [0.1, 0.15) is 0 Å². The van der Waals surface area contributed by atoms with Crippen LogP contribution in [0, 0.1) is 13.7 Å². The SMILES string of the molecule is CCOCCCNC(=O)c1cc([N+](=O)[O-])ccc1I. The molecule has 0 spiro atoms. The smallest absolute Gasteiger partial charge is 0.270 e. The molecule has 0 unspecified atom stereocenters. The number of hydrogen-bond acceptors (Lipinski definition) is 4. The van der Waals surface area contributed by atoms with Gasteiger partial charge in [0.15, 0.2) is 0 Å². The fourth-order valence-corrected chi connectivity index (χ4v) is 2.00. The van der Waals surface area contributed by atoms with Crippen LogP contribution in [0.1, 0.15) is 23.7 Å². The Kier molecular flexibility index (Phi) is 6.71. The van der Waals surface area contributed by atoms with E-state index in [4.69, 9.17) is 4.74 Å². The summed E-state index contributed by atoms with van der Waals surface area (Å²) >= 11 is 1.98. The first-order valence-electron chi connectivity index (χ1n) is 5.86. The third kappa shape index (κ3) is 5.11. The molecule has 0 fully saturated rings. The van der Waals surface area contributed by atoms with Crippen molar-refractivity contribution in [2.75, 3.05) is 19.8 Å². The number of nitro benzene ring substituents is 1. The molecule has 1 aromatic carbocycles. The molecule has 1 rings (SSSR count). The Morgan fingerprint density at radius 3 is 2.89 bits per heavy atom. The highest BCUT2D eigenvalue weighted by molar-refractivity contribution is 14.1. The molecule has 1 aromatic rings. The zero-order valence-electron chi connectivity index (χ0n) is 10.5. The predicted molar refractivity (Wildman–Crippen MR) is 79.3 cm³/mol. The number of nitro groups is 1. The molecule has 0 aliphatic rings. The second-order valence-electron chi connectivity index (χ2n) is 3.73. The van der Waals surface area contributed by atoms with Gasteiger partial charge in [-0.15, -0.1) is 0 Å². The molecule has 0 heterocycles. The molecule has 0 bridgehead atoms. The van der Waals surface area contributed by atoms with E-state index in [0.717, 1.165) is 0 Å². The first-order chi connectivity index (χ1) is 9.06. The second kappa shape index (κ2) is 8.05. The fourth-order valence-electron chi connectivity index (χ4n) is 1.42. The van der Waals surface area contributed by atoms with E-state index in [0.29, 0.717) is 35.3 Å². The van der Waals surface area contributed by atoms with E-state index in [1.165, 1.54) is 12.1 Å². The lowest BCUT2D eigenvalue weighted by molar-refractivity contribution is -0.384. The van der Waals surface area contributed by atoms with Crippen LogP contribution in [-0.4, -0.2) is 30.6 Å². The molecule has 1 amide bonds. The number of nitrogens with one attached hydrogen (secondary N) is 1. The Hall–Kier alpha value is -1.22. The molecule has 0 saturated heterocycles. The van der Waals surface area contributed by atoms with Gasteiger partial charge >= 0.3 is 0 Å². The lowest BCUT2D eigenvalue weighted by Crippen LogP contribution is -2.26. The number of halogens is 1. The number of carbonyl (C=O) groups excluding carboxylic acids is 1. The molecule has 104 valence electrons. The van der Waals surface area contributed by atoms with Crippen LogP contribution in [0.15, 0.2) is 18.2 Å². The summed E-state index contributed by atoms with van der Waals surface area (Å²) in [4.78, 5) is 22.1. The highest BCUT2D eigenvalue weighted by atomic mass is 127. The van der Waals surface area contributed by atoms with Crippen LogP contribution in [0.4, 0.5) is 5.69 Å². The van der Waals surface area contributed by atoms with Crippen molar-refractivity contribution in [3.63, 3.8) is 0 Å². The van der Waals surface area contributed by atoms with Gasteiger partial charge in [-0.25, -0.2) is 0 Å². The standard InChI is InChI=1S/C12H15IN2O4/c1-2-19-7-3-6-14-12(16)10-8-9(15(17)18)4-5-11(10)13/h4-5,8H,2-3,6-7H2,1H3,(H,14,16). The Morgan fingerprint density at radius 1 is 1.53 bits per heavy atom. The first kappa shape index (κ1) is 15.8. The van der Waals surface area contributed by atoms with Gasteiger partial charge < -0.3 is 10.1 Å². The number of rotatable bonds is 7. The zero-order valence-corrected chi connectivity index (χ0v) is 12.7. The van der Waals surface area contributed by atoms with Crippen LogP contribution in [0.3, 0.4) is 0 Å². The van der Waals surface area contributed by atoms with Crippen LogP contribution in [0.2, 0.25) is 0 Å². The molecule has 0 aromatic heterocycles. The van der Waals surface area contributed by atoms with E-state index < -0.39 is 4.92 Å². The summed E-state index contributed by atoms with van der Waals surface area (Å²) in [6.45, 7) is 3.63. The van der Waals surface area contributed by atoms with Crippen molar-refractivity contribution in [2.24, 2.45) is 0 Å². The molecule has 6 nitrogen and oxygen atoms in total. The van der Waals surface area contributed by atoms with E-state index in [9.17, 15) is 14.9 Å². The third-order valence-electron chi connectivity index (χ3n) is 2.36. The molecule has 0 radical (unpaired) electrons. The molecule has 1 N–H and O–H groups in total. The van der Waals surface area contributed by atoms with Gasteiger partial charge in [0.2, 0.25) is 0 Å². The maximum absolute atomic E-state index is 11.9. The molecule has 0 aliphatic heterocycles. The number of nitrogens with zero attached hydrogens (tertiary/aromatic N) is 1. The minimum Gasteiger partial charge on any atom is -0.382 e. The number of ether oxygens (including phenoxy) is 1. The van der Waals surface area contributed by atoms with Gasteiger partial charge in [0, 0.05) is 35.5 Å². The summed E-state index contributed by atoms with van der Waals surface area (Å²) in [6, 6.07) is 4.24. The van der Waals surface area contributed by atoms with E-state index in [1.807, 2.05) is 29.5 Å². The lowest BCUT2D eigenvalue weighted by Gasteiger charge is -2.07. The Bertz CT molecular complexity index is 465. The minimum atomic E-state index is -0.512. The van der Waals surface area contributed by atoms with E-state index in [2.05, 4.69) is 5.32 Å². The summed E-state index contributed by atoms with van der Waals surface area (Å²) < 4.78 is 5.84. The van der Waals surface area contributed by atoms with Crippen LogP contribution >= 0.6 is 22.6 Å². The summed E-state index contributed by atoms with van der Waals surface area (Å²) in [5, 5.41) is 13.4. The van der Waals surface area contributed by atoms with Crippen molar-refractivity contribution >= 4 is 34.2 Å². The quantitative estimate of drug-likeness (QED) is 0.342. The van der Waals surface area contributed by atoms with Crippen molar-refractivity contribution in [3.8, 4) is 0 Å². The maximum Gasteiger partial charge on any atom is 0.270 e. The van der Waals surface area contributed by atoms with Crippen molar-refractivity contribution < 1.29 is 14.5 Å². The number of carbonyl (C=O) groups is 1. The van der Waals surface area contributed by atoms with E-state index >= 15 is 0 Å². The summed E-state index contributed by atoms with van der Waals surface area (Å²) in [5.41, 5.74) is 0.242. The molecule has 19 heavy (non-hydrogen) atoms. The van der Waals surface area contributed by atoms with Crippen LogP contribution < -0.4 is 5.32 Å². The highest BCUT2D eigenvalue weighted by Gasteiger charge is 2.14. The van der Waals surface area contributed by atoms with E-state index in [-0.39, 0.29) is 11.6 Å². The Morgan fingerprint density at radius 2 is 2.26 bits per heavy atom. The van der Waals surface area contributed by atoms with Crippen molar-refractivity contribution in [3.05, 3.63) is 37.4 Å². The monoisotopic (exact) mass is 378 g/mol. The average Bonchev–Trinajstić information content (AvgIpc) is 2.38. The zero-order chi connectivity index (χ0) is 14.3. The Balaban J connectivity index is 2.61. The van der Waals surface area contributed by atoms with Crippen molar-refractivity contribution in [1.82, 2.24) is 5.32 Å². The van der Waals surface area contributed by atoms with Gasteiger partial charge in [-0.1, -0.05) is 0 Å². The highest BCUT2D eigenvalue weighted by Crippen LogP contribution is 2.19. The second-order valence-corrected chi connectivity index (χ2v) is 4.89. The average molecular weight is 378 g/mol. The summed E-state index contributed by atoms with van der Waals surface area (Å²) in [7, 11) is 0. The topological polar surface area (TPSA) is 81.5 Å². The Labute approximate surface area is 124 Å². The number of hydrogen-bond donors (Lipinski definition) is 1. The van der Waals surface area contributed by atoms with Crippen LogP contribution in [0.25, 0.3) is 0 Å². The van der Waals surface area contributed by atoms with Gasteiger partial charge in [-0.3, -0.25) is 14.9 Å². The fraction of sp³-hybridized carbons (Fsp3) is 0.417. The van der Waals surface area contributed by atoms with Gasteiger partial charge in [0.05, 0.1) is 10.5 Å². The maximum atomic E-state index is 11.9. The lowest BCUT2D eigenvalue weighted by atomic mass is 10.2. The molecule has 7 heteroatoms. The number of amides is 1. The molecular weight excluding hydrogens is 363 g/mol. The van der Waals surface area contributed by atoms with Gasteiger partial charge in [-0.2, -0.15) is 0 Å². The number of non-ortho nitro benzene ring substituents is 1. The third-order valence-corrected chi connectivity index (χ3v) is 3.30. The summed E-state index contributed by atoms with van der Waals surface area (Å²) in [5.74, 6) is -0.301. The van der Waals surface area contributed by atoms with Gasteiger partial charge in [0.25, 0.3) is 11.6 Å².